The molecule has 2 heterocycles. The molecule has 0 aliphatic carbocycles. The normalized spacial score (nSPS) is 17.0. The lowest BCUT2D eigenvalue weighted by molar-refractivity contribution is 0.120. The van der Waals surface area contributed by atoms with Crippen molar-refractivity contribution in [2.24, 2.45) is 0 Å². The fourth-order valence-electron chi connectivity index (χ4n) is 3.25. The van der Waals surface area contributed by atoms with Crippen LogP contribution >= 0.6 is 0 Å². The van der Waals surface area contributed by atoms with E-state index >= 15 is 0 Å². The smallest absolute Gasteiger partial charge is 0.233 e. The average molecular weight is 398 g/mol. The summed E-state index contributed by atoms with van der Waals surface area (Å²) in [5.74, 6) is 0.431. The maximum absolute atomic E-state index is 13.2. The monoisotopic (exact) mass is 398 g/mol. The van der Waals surface area contributed by atoms with Gasteiger partial charge >= 0.3 is 0 Å². The number of oxazole rings is 1. The second kappa shape index (κ2) is 7.77. The molecule has 0 bridgehead atoms. The van der Waals surface area contributed by atoms with Crippen LogP contribution in [0.1, 0.15) is 18.4 Å². The number of nitrogens with one attached hydrogen (secondary N) is 1. The Bertz CT molecular complexity index is 1060. The molecule has 6 nitrogen and oxygen atoms in total. The van der Waals surface area contributed by atoms with Gasteiger partial charge in [0, 0.05) is 18.7 Å². The molecule has 1 saturated heterocycles. The molecule has 146 valence electrons. The van der Waals surface area contributed by atoms with Crippen molar-refractivity contribution in [2.75, 3.05) is 18.5 Å². The highest BCUT2D eigenvalue weighted by Gasteiger charge is 2.29. The number of hydrogen-bond donors (Lipinski definition) is 1. The predicted octanol–water partition coefficient (Wildman–Crippen LogP) is 4.07. The zero-order valence-electron chi connectivity index (χ0n) is 15.6. The quantitative estimate of drug-likeness (QED) is 0.674. The average Bonchev–Trinajstić information content (AvgIpc) is 3.37. The molecular formula is C21H22N2O4S. The number of anilines is 1. The first kappa shape index (κ1) is 18.7. The van der Waals surface area contributed by atoms with Crippen molar-refractivity contribution in [1.82, 2.24) is 4.98 Å². The number of aromatic nitrogens is 1. The van der Waals surface area contributed by atoms with E-state index in [4.69, 9.17) is 9.15 Å². The second-order valence-corrected chi connectivity index (χ2v) is 8.67. The Morgan fingerprint density at radius 1 is 1.11 bits per heavy atom. The van der Waals surface area contributed by atoms with E-state index < -0.39 is 9.84 Å². The molecule has 28 heavy (non-hydrogen) atoms. The molecule has 0 amide bonds. The van der Waals surface area contributed by atoms with Crippen LogP contribution in [0.5, 0.6) is 0 Å². The lowest BCUT2D eigenvalue weighted by atomic mass is 10.1. The van der Waals surface area contributed by atoms with Gasteiger partial charge in [0.15, 0.2) is 0 Å². The van der Waals surface area contributed by atoms with Crippen LogP contribution in [0.2, 0.25) is 0 Å². The van der Waals surface area contributed by atoms with Gasteiger partial charge in [0.25, 0.3) is 0 Å². The molecule has 1 aliphatic heterocycles. The van der Waals surface area contributed by atoms with E-state index in [0.29, 0.717) is 6.54 Å². The molecule has 0 unspecified atom stereocenters. The fraction of sp³-hybridized carbons (Fsp3) is 0.286. The minimum Gasteiger partial charge on any atom is -0.419 e. The van der Waals surface area contributed by atoms with Gasteiger partial charge in [-0.3, -0.25) is 0 Å². The molecule has 0 saturated carbocycles. The summed E-state index contributed by atoms with van der Waals surface area (Å²) in [5, 5.41) is 3.01. The number of hydrogen-bond acceptors (Lipinski definition) is 6. The first-order valence-corrected chi connectivity index (χ1v) is 10.8. The third-order valence-corrected chi connectivity index (χ3v) is 6.47. The number of sulfone groups is 1. The zero-order valence-corrected chi connectivity index (χ0v) is 16.4. The molecule has 0 spiro atoms. The van der Waals surface area contributed by atoms with E-state index in [2.05, 4.69) is 10.3 Å². The Morgan fingerprint density at radius 2 is 1.86 bits per heavy atom. The molecule has 1 atom stereocenters. The molecule has 1 N–H and O–H groups in total. The first-order chi connectivity index (χ1) is 13.6. The van der Waals surface area contributed by atoms with Gasteiger partial charge in [-0.25, -0.2) is 8.42 Å². The minimum atomic E-state index is -3.82. The van der Waals surface area contributed by atoms with Gasteiger partial charge in [-0.05, 0) is 43.5 Å². The van der Waals surface area contributed by atoms with E-state index in [9.17, 15) is 8.42 Å². The highest BCUT2D eigenvalue weighted by Crippen LogP contribution is 2.33. The van der Waals surface area contributed by atoms with Gasteiger partial charge in [0.05, 0.1) is 11.0 Å². The molecule has 1 fully saturated rings. The van der Waals surface area contributed by atoms with Crippen LogP contribution in [-0.4, -0.2) is 32.7 Å². The first-order valence-electron chi connectivity index (χ1n) is 9.28. The van der Waals surface area contributed by atoms with Gasteiger partial charge < -0.3 is 14.5 Å². The van der Waals surface area contributed by atoms with Crippen LogP contribution in [-0.2, 0) is 14.6 Å². The van der Waals surface area contributed by atoms with Crippen molar-refractivity contribution < 1.29 is 17.6 Å². The van der Waals surface area contributed by atoms with Gasteiger partial charge in [-0.1, -0.05) is 36.4 Å². The van der Waals surface area contributed by atoms with E-state index in [1.165, 1.54) is 0 Å². The third-order valence-electron chi connectivity index (χ3n) is 4.79. The standard InChI is InChI=1S/C21H22N2O4S/c1-15-8-5-6-12-18(15)19-23-21(28(24,25)17-10-3-2-4-11-17)20(27-19)22-14-16-9-7-13-26-16/h2-6,8,10-12,16,22H,7,9,13-14H2,1H3/t16-/m1/s1. The predicted molar refractivity (Wildman–Crippen MR) is 106 cm³/mol. The van der Waals surface area contributed by atoms with Crippen LogP contribution in [0.4, 0.5) is 5.88 Å². The fourth-order valence-corrected chi connectivity index (χ4v) is 4.55. The Labute approximate surface area is 164 Å². The van der Waals surface area contributed by atoms with Gasteiger partial charge in [-0.15, -0.1) is 0 Å². The van der Waals surface area contributed by atoms with E-state index in [1.807, 2.05) is 31.2 Å². The van der Waals surface area contributed by atoms with Crippen LogP contribution in [0.15, 0.2) is 68.9 Å². The highest BCUT2D eigenvalue weighted by molar-refractivity contribution is 7.91. The van der Waals surface area contributed by atoms with Crippen molar-refractivity contribution in [1.29, 1.82) is 0 Å². The van der Waals surface area contributed by atoms with Crippen LogP contribution in [0.3, 0.4) is 0 Å². The Kier molecular flexibility index (Phi) is 5.19. The lowest BCUT2D eigenvalue weighted by Gasteiger charge is -2.10. The molecule has 0 radical (unpaired) electrons. The molecule has 1 aromatic heterocycles. The number of benzene rings is 2. The number of ether oxygens (including phenoxy) is 1. The molecule has 7 heteroatoms. The molecule has 3 aromatic rings. The Morgan fingerprint density at radius 3 is 2.57 bits per heavy atom. The van der Waals surface area contributed by atoms with E-state index in [1.54, 1.807) is 30.3 Å². The van der Waals surface area contributed by atoms with Crippen molar-refractivity contribution in [2.45, 2.75) is 35.8 Å². The van der Waals surface area contributed by atoms with Crippen LogP contribution < -0.4 is 5.32 Å². The maximum atomic E-state index is 13.2. The van der Waals surface area contributed by atoms with Crippen molar-refractivity contribution in [3.8, 4) is 11.5 Å². The van der Waals surface area contributed by atoms with Crippen LogP contribution in [0.25, 0.3) is 11.5 Å². The summed E-state index contributed by atoms with van der Waals surface area (Å²) in [6.45, 7) is 3.14. The summed E-state index contributed by atoms with van der Waals surface area (Å²) in [7, 11) is -3.82. The largest absolute Gasteiger partial charge is 0.419 e. The number of nitrogens with zero attached hydrogens (tertiary/aromatic N) is 1. The molecule has 2 aromatic carbocycles. The van der Waals surface area contributed by atoms with Crippen molar-refractivity contribution >= 4 is 15.7 Å². The molecular weight excluding hydrogens is 376 g/mol. The second-order valence-electron chi connectivity index (χ2n) is 6.80. The third kappa shape index (κ3) is 3.68. The van der Waals surface area contributed by atoms with E-state index in [0.717, 1.165) is 30.6 Å². The summed E-state index contributed by atoms with van der Waals surface area (Å²) in [6, 6.07) is 15.9. The van der Waals surface area contributed by atoms with Crippen molar-refractivity contribution in [3.63, 3.8) is 0 Å². The highest BCUT2D eigenvalue weighted by atomic mass is 32.2. The summed E-state index contributed by atoms with van der Waals surface area (Å²) < 4.78 is 37.9. The van der Waals surface area contributed by atoms with Gasteiger partial charge in [0.2, 0.25) is 26.6 Å². The topological polar surface area (TPSA) is 81.4 Å². The summed E-state index contributed by atoms with van der Waals surface area (Å²) in [6.07, 6.45) is 1.98. The number of aryl methyl sites for hydroxylation is 1. The Balaban J connectivity index is 1.75. The Hall–Kier alpha value is -2.64. The SMILES string of the molecule is Cc1ccccc1-c1nc(S(=O)(=O)c2ccccc2)c(NC[C@H]2CCCO2)o1. The zero-order chi connectivity index (χ0) is 19.6. The van der Waals surface area contributed by atoms with Gasteiger partial charge in [0.1, 0.15) is 0 Å². The van der Waals surface area contributed by atoms with E-state index in [-0.39, 0.29) is 27.8 Å². The summed E-state index contributed by atoms with van der Waals surface area (Å²) >= 11 is 0. The maximum Gasteiger partial charge on any atom is 0.233 e. The molecule has 1 aliphatic rings. The lowest BCUT2D eigenvalue weighted by Crippen LogP contribution is -2.19. The summed E-state index contributed by atoms with van der Waals surface area (Å²) in [4.78, 5) is 4.56. The summed E-state index contributed by atoms with van der Waals surface area (Å²) in [5.41, 5.74) is 1.72. The molecule has 4 rings (SSSR count). The minimum absolute atomic E-state index is 0.0410. The number of rotatable bonds is 6. The van der Waals surface area contributed by atoms with Gasteiger partial charge in [-0.2, -0.15) is 4.98 Å². The van der Waals surface area contributed by atoms with Crippen LogP contribution in [0, 0.1) is 6.92 Å². The van der Waals surface area contributed by atoms with Crippen molar-refractivity contribution in [3.05, 3.63) is 60.2 Å².